The summed E-state index contributed by atoms with van der Waals surface area (Å²) in [5.74, 6) is 4.23. The summed E-state index contributed by atoms with van der Waals surface area (Å²) in [5, 5.41) is 0. The molecule has 0 saturated heterocycles. The minimum atomic E-state index is 1.00. The Bertz CT molecular complexity index is 172. The van der Waals surface area contributed by atoms with Gasteiger partial charge in [-0.25, -0.2) is 0 Å². The zero-order valence-electron chi connectivity index (χ0n) is 7.00. The van der Waals surface area contributed by atoms with Gasteiger partial charge in [-0.3, -0.25) is 0 Å². The molecule has 11 heavy (non-hydrogen) atoms. The van der Waals surface area contributed by atoms with Crippen LogP contribution in [0.3, 0.4) is 0 Å². The highest BCUT2D eigenvalue weighted by Crippen LogP contribution is 2.53. The number of allylic oxidation sites excluding steroid dienone is 2. The molecule has 4 unspecified atom stereocenters. The van der Waals surface area contributed by atoms with E-state index in [0.29, 0.717) is 0 Å². The fourth-order valence-corrected chi connectivity index (χ4v) is 3.64. The first kappa shape index (κ1) is 6.28. The normalized spacial score (nSPS) is 53.1. The van der Waals surface area contributed by atoms with E-state index in [0.717, 1.165) is 23.7 Å². The molecule has 3 aliphatic carbocycles. The lowest BCUT2D eigenvalue weighted by Gasteiger charge is -2.32. The van der Waals surface area contributed by atoms with Crippen LogP contribution < -0.4 is 0 Å². The molecule has 2 saturated carbocycles. The second kappa shape index (κ2) is 2.12. The van der Waals surface area contributed by atoms with Crippen LogP contribution in [0.5, 0.6) is 0 Å². The van der Waals surface area contributed by atoms with Crippen LogP contribution in [-0.2, 0) is 0 Å². The van der Waals surface area contributed by atoms with E-state index in [1.807, 2.05) is 0 Å². The van der Waals surface area contributed by atoms with Crippen molar-refractivity contribution in [1.29, 1.82) is 0 Å². The Labute approximate surface area is 68.7 Å². The Hall–Kier alpha value is -0.260. The van der Waals surface area contributed by atoms with E-state index in [1.165, 1.54) is 32.1 Å². The van der Waals surface area contributed by atoms with Crippen molar-refractivity contribution in [2.75, 3.05) is 0 Å². The van der Waals surface area contributed by atoms with Gasteiger partial charge in [-0.15, -0.1) is 0 Å². The van der Waals surface area contributed by atoms with Crippen molar-refractivity contribution < 1.29 is 0 Å². The number of hydrogen-bond donors (Lipinski definition) is 0. The monoisotopic (exact) mass is 148 g/mol. The quantitative estimate of drug-likeness (QED) is 0.463. The molecule has 0 spiro atoms. The zero-order valence-corrected chi connectivity index (χ0v) is 7.00. The Balaban J connectivity index is 1.90. The predicted molar refractivity (Wildman–Crippen MR) is 46.2 cm³/mol. The highest BCUT2D eigenvalue weighted by molar-refractivity contribution is 5.13. The van der Waals surface area contributed by atoms with Crippen LogP contribution in [0.4, 0.5) is 0 Å². The molecule has 0 aromatic carbocycles. The maximum Gasteiger partial charge on any atom is -0.0196 e. The molecule has 0 aromatic heterocycles. The SMILES string of the molecule is C1=CC2CC1C1CCCCC21. The molecule has 2 bridgehead atoms. The molecule has 0 aromatic rings. The van der Waals surface area contributed by atoms with E-state index in [9.17, 15) is 0 Å². The summed E-state index contributed by atoms with van der Waals surface area (Å²) in [6.45, 7) is 0. The fraction of sp³-hybridized carbons (Fsp3) is 0.818. The highest BCUT2D eigenvalue weighted by Gasteiger charge is 2.44. The summed E-state index contributed by atoms with van der Waals surface area (Å²) in [7, 11) is 0. The van der Waals surface area contributed by atoms with Crippen LogP contribution in [0.1, 0.15) is 32.1 Å². The number of fused-ring (bicyclic) bond motifs is 5. The Morgan fingerprint density at radius 2 is 1.36 bits per heavy atom. The lowest BCUT2D eigenvalue weighted by atomic mass is 9.73. The molecule has 0 aliphatic heterocycles. The minimum Gasteiger partial charge on any atom is -0.0848 e. The minimum absolute atomic E-state index is 1.00. The third kappa shape index (κ3) is 0.758. The molecule has 0 nitrogen and oxygen atoms in total. The third-order valence-corrected chi connectivity index (χ3v) is 4.12. The summed E-state index contributed by atoms with van der Waals surface area (Å²) >= 11 is 0. The topological polar surface area (TPSA) is 0 Å². The van der Waals surface area contributed by atoms with Gasteiger partial charge in [0.05, 0.1) is 0 Å². The molecular formula is C11H16. The van der Waals surface area contributed by atoms with Crippen LogP contribution >= 0.6 is 0 Å². The van der Waals surface area contributed by atoms with Gasteiger partial charge in [-0.05, 0) is 42.9 Å². The lowest BCUT2D eigenvalue weighted by Crippen LogP contribution is -2.22. The van der Waals surface area contributed by atoms with E-state index < -0.39 is 0 Å². The van der Waals surface area contributed by atoms with Crippen molar-refractivity contribution in [2.45, 2.75) is 32.1 Å². The molecule has 0 amide bonds. The third-order valence-electron chi connectivity index (χ3n) is 4.12. The second-order valence-corrected chi connectivity index (χ2v) is 4.56. The molecule has 0 heteroatoms. The molecule has 4 atom stereocenters. The van der Waals surface area contributed by atoms with Crippen molar-refractivity contribution in [3.63, 3.8) is 0 Å². The maximum absolute atomic E-state index is 2.50. The fourth-order valence-electron chi connectivity index (χ4n) is 3.64. The van der Waals surface area contributed by atoms with Crippen molar-refractivity contribution in [2.24, 2.45) is 23.7 Å². The van der Waals surface area contributed by atoms with Crippen molar-refractivity contribution >= 4 is 0 Å². The highest BCUT2D eigenvalue weighted by atomic mass is 14.5. The van der Waals surface area contributed by atoms with E-state index in [4.69, 9.17) is 0 Å². The average molecular weight is 148 g/mol. The van der Waals surface area contributed by atoms with E-state index in [2.05, 4.69) is 12.2 Å². The number of rotatable bonds is 0. The summed E-state index contributed by atoms with van der Waals surface area (Å²) < 4.78 is 0. The summed E-state index contributed by atoms with van der Waals surface area (Å²) in [4.78, 5) is 0. The molecule has 0 heterocycles. The van der Waals surface area contributed by atoms with Crippen molar-refractivity contribution in [3.8, 4) is 0 Å². The van der Waals surface area contributed by atoms with Crippen molar-refractivity contribution in [1.82, 2.24) is 0 Å². The molecule has 60 valence electrons. The van der Waals surface area contributed by atoms with Gasteiger partial charge in [0.25, 0.3) is 0 Å². The standard InChI is InChI=1S/C11H16/c1-2-4-11-9-6-5-8(7-9)10(11)3-1/h5-6,8-11H,1-4,7H2. The maximum atomic E-state index is 2.50. The van der Waals surface area contributed by atoms with Crippen LogP contribution in [0, 0.1) is 23.7 Å². The Morgan fingerprint density at radius 1 is 0.818 bits per heavy atom. The average Bonchev–Trinajstić information content (AvgIpc) is 2.64. The number of hydrogen-bond acceptors (Lipinski definition) is 0. The first-order valence-electron chi connectivity index (χ1n) is 5.13. The largest absolute Gasteiger partial charge is 0.0848 e. The van der Waals surface area contributed by atoms with E-state index in [1.54, 1.807) is 0 Å². The summed E-state index contributed by atoms with van der Waals surface area (Å²) in [6.07, 6.45) is 12.6. The predicted octanol–water partition coefficient (Wildman–Crippen LogP) is 3.00. The first-order valence-corrected chi connectivity index (χ1v) is 5.13. The van der Waals surface area contributed by atoms with Gasteiger partial charge in [0.1, 0.15) is 0 Å². The second-order valence-electron chi connectivity index (χ2n) is 4.56. The van der Waals surface area contributed by atoms with E-state index in [-0.39, 0.29) is 0 Å². The van der Waals surface area contributed by atoms with Gasteiger partial charge < -0.3 is 0 Å². The first-order chi connectivity index (χ1) is 5.45. The van der Waals surface area contributed by atoms with Gasteiger partial charge in [0.2, 0.25) is 0 Å². The van der Waals surface area contributed by atoms with Crippen LogP contribution in [0.25, 0.3) is 0 Å². The van der Waals surface area contributed by atoms with Crippen LogP contribution in [-0.4, -0.2) is 0 Å². The van der Waals surface area contributed by atoms with Gasteiger partial charge in [0.15, 0.2) is 0 Å². The molecule has 0 radical (unpaired) electrons. The van der Waals surface area contributed by atoms with E-state index >= 15 is 0 Å². The molecular weight excluding hydrogens is 132 g/mol. The van der Waals surface area contributed by atoms with Crippen LogP contribution in [0.2, 0.25) is 0 Å². The molecule has 3 aliphatic rings. The lowest BCUT2D eigenvalue weighted by molar-refractivity contribution is 0.221. The Morgan fingerprint density at radius 3 is 1.91 bits per heavy atom. The zero-order chi connectivity index (χ0) is 7.26. The molecule has 0 N–H and O–H groups in total. The van der Waals surface area contributed by atoms with Gasteiger partial charge >= 0.3 is 0 Å². The smallest absolute Gasteiger partial charge is 0.0196 e. The summed E-state index contributed by atoms with van der Waals surface area (Å²) in [5.41, 5.74) is 0. The van der Waals surface area contributed by atoms with Gasteiger partial charge in [-0.1, -0.05) is 25.0 Å². The molecule has 2 fully saturated rings. The van der Waals surface area contributed by atoms with Gasteiger partial charge in [-0.2, -0.15) is 0 Å². The summed E-state index contributed by atoms with van der Waals surface area (Å²) in [6, 6.07) is 0. The van der Waals surface area contributed by atoms with Crippen LogP contribution in [0.15, 0.2) is 12.2 Å². The molecule has 3 rings (SSSR count). The van der Waals surface area contributed by atoms with Gasteiger partial charge in [0, 0.05) is 0 Å². The Kier molecular flexibility index (Phi) is 1.21. The van der Waals surface area contributed by atoms with Crippen molar-refractivity contribution in [3.05, 3.63) is 12.2 Å².